The Morgan fingerprint density at radius 1 is 0.500 bits per heavy atom. The van der Waals surface area contributed by atoms with Crippen LogP contribution in [0, 0.1) is 0 Å². The molecule has 11 nitrogen and oxygen atoms in total. The molecule has 0 rings (SSSR count). The van der Waals surface area contributed by atoms with Crippen LogP contribution in [0.15, 0.2) is 85.1 Å². The molecule has 64 heavy (non-hydrogen) atoms. The van der Waals surface area contributed by atoms with E-state index in [4.69, 9.17) is 13.8 Å². The van der Waals surface area contributed by atoms with Gasteiger partial charge >= 0.3 is 19.8 Å². The lowest BCUT2D eigenvalue weighted by atomic mass is 10.1. The Bertz CT molecular complexity index is 1400. The lowest BCUT2D eigenvalue weighted by Crippen LogP contribution is -2.43. The van der Waals surface area contributed by atoms with Crippen molar-refractivity contribution in [2.45, 2.75) is 206 Å². The summed E-state index contributed by atoms with van der Waals surface area (Å²) in [6.07, 6.45) is 57.5. The van der Waals surface area contributed by atoms with Crippen LogP contribution in [0.25, 0.3) is 0 Å². The van der Waals surface area contributed by atoms with Gasteiger partial charge in [-0.2, -0.15) is 0 Å². The number of carboxylic acid groups (broad SMARTS) is 1. The number of aliphatic carboxylic acids is 1. The molecule has 0 aliphatic heterocycles. The molecule has 0 bridgehead atoms. The quantitative estimate of drug-likeness (QED) is 0.0200. The lowest BCUT2D eigenvalue weighted by molar-refractivity contribution is -0.147. The number of phosphoric ester groups is 1. The Kier molecular flexibility index (Phi) is 43.8. The molecule has 1 amide bonds. The SMILES string of the molecule is CCCCC/C=C\C/C=C\C/C=C\C/C=C\CCCC(=O)NC(COP(=O)(O)OCC(O)COC(=O)CCCCCCCCCCCC/C=C\C/C=C\C/C=C\CCCCC)C(=O)O. The van der Waals surface area contributed by atoms with Gasteiger partial charge in [-0.05, 0) is 89.9 Å². The number of rotatable bonds is 45. The van der Waals surface area contributed by atoms with Crippen LogP contribution >= 0.6 is 7.82 Å². The number of ether oxygens (including phenoxy) is 1. The zero-order valence-electron chi connectivity index (χ0n) is 39.8. The monoisotopic (exact) mass is 918 g/mol. The van der Waals surface area contributed by atoms with Gasteiger partial charge in [0.1, 0.15) is 12.7 Å². The average molecular weight is 918 g/mol. The summed E-state index contributed by atoms with van der Waals surface area (Å²) in [5, 5.41) is 21.8. The van der Waals surface area contributed by atoms with Gasteiger partial charge in [0.15, 0.2) is 6.04 Å². The Morgan fingerprint density at radius 2 is 0.875 bits per heavy atom. The Hall–Kier alpha value is -3.34. The van der Waals surface area contributed by atoms with Crippen LogP contribution in [0.1, 0.15) is 194 Å². The van der Waals surface area contributed by atoms with Crippen molar-refractivity contribution in [1.82, 2.24) is 5.32 Å². The van der Waals surface area contributed by atoms with E-state index >= 15 is 0 Å². The molecular weight excluding hydrogens is 830 g/mol. The Balaban J connectivity index is 3.91. The molecule has 4 N–H and O–H groups in total. The van der Waals surface area contributed by atoms with E-state index < -0.39 is 57.6 Å². The van der Waals surface area contributed by atoms with Gasteiger partial charge in [0, 0.05) is 12.8 Å². The van der Waals surface area contributed by atoms with E-state index in [1.54, 1.807) is 0 Å². The van der Waals surface area contributed by atoms with E-state index in [0.29, 0.717) is 19.3 Å². The van der Waals surface area contributed by atoms with Gasteiger partial charge < -0.3 is 25.2 Å². The molecular formula is C52H88NO10P. The second-order valence-electron chi connectivity index (χ2n) is 16.3. The summed E-state index contributed by atoms with van der Waals surface area (Å²) >= 11 is 0. The van der Waals surface area contributed by atoms with Crippen LogP contribution in [-0.2, 0) is 32.7 Å². The van der Waals surface area contributed by atoms with E-state index in [0.717, 1.165) is 64.2 Å². The third kappa shape index (κ3) is 45.2. The summed E-state index contributed by atoms with van der Waals surface area (Å²) in [4.78, 5) is 46.0. The largest absolute Gasteiger partial charge is 0.480 e. The summed E-state index contributed by atoms with van der Waals surface area (Å²) in [6, 6.07) is -1.58. The average Bonchev–Trinajstić information content (AvgIpc) is 3.27. The number of allylic oxidation sites excluding steroid dienone is 14. The number of amides is 1. The van der Waals surface area contributed by atoms with Crippen molar-refractivity contribution in [3.8, 4) is 0 Å². The normalized spacial score (nSPS) is 14.3. The number of carbonyl (C=O) groups excluding carboxylic acids is 2. The van der Waals surface area contributed by atoms with Crippen LogP contribution in [0.4, 0.5) is 0 Å². The summed E-state index contributed by atoms with van der Waals surface area (Å²) in [5.41, 5.74) is 0. The van der Waals surface area contributed by atoms with Crippen molar-refractivity contribution in [2.75, 3.05) is 19.8 Å². The number of aliphatic hydroxyl groups excluding tert-OH is 1. The molecule has 0 radical (unpaired) electrons. The fourth-order valence-electron chi connectivity index (χ4n) is 6.31. The van der Waals surface area contributed by atoms with Gasteiger partial charge in [-0.1, -0.05) is 176 Å². The maximum absolute atomic E-state index is 12.3. The summed E-state index contributed by atoms with van der Waals surface area (Å²) in [7, 11) is -4.78. The van der Waals surface area contributed by atoms with E-state index in [9.17, 15) is 34.1 Å². The molecule has 0 saturated heterocycles. The number of nitrogens with one attached hydrogen (secondary N) is 1. The van der Waals surface area contributed by atoms with Crippen molar-refractivity contribution >= 4 is 25.7 Å². The van der Waals surface area contributed by atoms with Crippen LogP contribution in [0.3, 0.4) is 0 Å². The number of carbonyl (C=O) groups is 3. The first-order valence-electron chi connectivity index (χ1n) is 24.6. The number of aliphatic hydroxyl groups is 1. The second kappa shape index (κ2) is 46.2. The first-order chi connectivity index (χ1) is 31.1. The van der Waals surface area contributed by atoms with E-state index in [2.05, 4.69) is 92.1 Å². The molecule has 12 heteroatoms. The van der Waals surface area contributed by atoms with Crippen molar-refractivity contribution in [2.24, 2.45) is 0 Å². The fourth-order valence-corrected chi connectivity index (χ4v) is 7.09. The lowest BCUT2D eigenvalue weighted by Gasteiger charge is -2.18. The fraction of sp³-hybridized carbons (Fsp3) is 0.673. The first kappa shape index (κ1) is 60.7. The third-order valence-corrected chi connectivity index (χ3v) is 11.1. The first-order valence-corrected chi connectivity index (χ1v) is 26.1. The molecule has 0 heterocycles. The zero-order valence-corrected chi connectivity index (χ0v) is 40.7. The molecule has 0 spiro atoms. The highest BCUT2D eigenvalue weighted by Gasteiger charge is 2.28. The number of carboxylic acids is 1. The van der Waals surface area contributed by atoms with Crippen LogP contribution in [-0.4, -0.2) is 64.9 Å². The Labute approximate surface area is 388 Å². The molecule has 0 aliphatic carbocycles. The van der Waals surface area contributed by atoms with Gasteiger partial charge in [0.2, 0.25) is 5.91 Å². The van der Waals surface area contributed by atoms with E-state index in [1.165, 1.54) is 83.5 Å². The van der Waals surface area contributed by atoms with Gasteiger partial charge in [0.25, 0.3) is 0 Å². The second-order valence-corrected chi connectivity index (χ2v) is 17.7. The number of phosphoric acid groups is 1. The molecule has 0 aromatic carbocycles. The van der Waals surface area contributed by atoms with Crippen molar-refractivity contribution in [3.05, 3.63) is 85.1 Å². The Morgan fingerprint density at radius 3 is 1.31 bits per heavy atom. The maximum Gasteiger partial charge on any atom is 0.472 e. The highest BCUT2D eigenvalue weighted by molar-refractivity contribution is 7.47. The highest BCUT2D eigenvalue weighted by Crippen LogP contribution is 2.43. The standard InChI is InChI=1S/C52H88NO10P/c1-3-5-7-9-11-13-15-17-19-21-22-23-24-25-26-28-30-32-34-36-38-40-42-44-51(56)61-45-48(54)46-62-64(59,60)63-47-49(52(57)58)53-50(55)43-41-39-37-35-33-31-29-27-20-18-16-14-12-10-8-6-4-2/h11-14,17-20,22-23,29,31,35,37,48-49,54H,3-10,15-16,21,24-28,30,32-34,36,38-47H2,1-2H3,(H,53,55)(H,57,58)(H,59,60)/b13-11-,14-12-,19-17-,20-18-,23-22-,31-29-,37-35-. The molecule has 0 aromatic rings. The molecule has 0 aromatic heterocycles. The smallest absolute Gasteiger partial charge is 0.472 e. The number of unbranched alkanes of at least 4 members (excludes halogenated alkanes) is 17. The number of hydrogen-bond acceptors (Lipinski definition) is 8. The van der Waals surface area contributed by atoms with Crippen LogP contribution < -0.4 is 5.32 Å². The number of hydrogen-bond donors (Lipinski definition) is 4. The highest BCUT2D eigenvalue weighted by atomic mass is 31.2. The summed E-state index contributed by atoms with van der Waals surface area (Å²) in [5.74, 6) is -2.46. The zero-order chi connectivity index (χ0) is 47.0. The predicted octanol–water partition coefficient (Wildman–Crippen LogP) is 13.4. The molecule has 3 unspecified atom stereocenters. The number of esters is 1. The minimum Gasteiger partial charge on any atom is -0.480 e. The topological polar surface area (TPSA) is 169 Å². The molecule has 3 atom stereocenters. The summed E-state index contributed by atoms with van der Waals surface area (Å²) in [6.45, 7) is 2.50. The van der Waals surface area contributed by atoms with Crippen LogP contribution in [0.2, 0.25) is 0 Å². The van der Waals surface area contributed by atoms with E-state index in [-0.39, 0.29) is 12.8 Å². The molecule has 0 saturated carbocycles. The van der Waals surface area contributed by atoms with Crippen LogP contribution in [0.5, 0.6) is 0 Å². The van der Waals surface area contributed by atoms with Gasteiger partial charge in [0.05, 0.1) is 13.2 Å². The summed E-state index contributed by atoms with van der Waals surface area (Å²) < 4.78 is 26.9. The predicted molar refractivity (Wildman–Crippen MR) is 263 cm³/mol. The third-order valence-electron chi connectivity index (χ3n) is 10.2. The van der Waals surface area contributed by atoms with E-state index in [1.807, 2.05) is 12.2 Å². The van der Waals surface area contributed by atoms with Gasteiger partial charge in [-0.15, -0.1) is 0 Å². The molecule has 366 valence electrons. The minimum atomic E-state index is -4.78. The minimum absolute atomic E-state index is 0.0656. The van der Waals surface area contributed by atoms with Crippen molar-refractivity contribution in [1.29, 1.82) is 0 Å². The molecule has 0 fully saturated rings. The molecule has 0 aliphatic rings. The van der Waals surface area contributed by atoms with Gasteiger partial charge in [-0.3, -0.25) is 18.6 Å². The van der Waals surface area contributed by atoms with Gasteiger partial charge in [-0.25, -0.2) is 9.36 Å². The van der Waals surface area contributed by atoms with Crippen molar-refractivity contribution in [3.63, 3.8) is 0 Å². The van der Waals surface area contributed by atoms with Crippen molar-refractivity contribution < 1.29 is 47.8 Å². The maximum atomic E-state index is 12.3.